The van der Waals surface area contributed by atoms with Gasteiger partial charge in [0.15, 0.2) is 5.69 Å². The zero-order chi connectivity index (χ0) is 28.2. The normalized spacial score (nSPS) is 15.2. The van der Waals surface area contributed by atoms with Crippen LogP contribution >= 0.6 is 23.2 Å². The quantitative estimate of drug-likeness (QED) is 0.323. The number of nitrogens with zero attached hydrogens (tertiary/aromatic N) is 4. The Kier molecular flexibility index (Phi) is 8.41. The van der Waals surface area contributed by atoms with Crippen molar-refractivity contribution in [3.8, 4) is 16.9 Å². The maximum Gasteiger partial charge on any atom is 0.274 e. The summed E-state index contributed by atoms with van der Waals surface area (Å²) in [5.74, 6) is -1.26. The van der Waals surface area contributed by atoms with Crippen molar-refractivity contribution in [3.63, 3.8) is 0 Å². The minimum atomic E-state index is -0.607. The van der Waals surface area contributed by atoms with Gasteiger partial charge >= 0.3 is 0 Å². The molecule has 1 fully saturated rings. The highest BCUT2D eigenvalue weighted by atomic mass is 35.5. The molecule has 1 saturated heterocycles. The molecular formula is C28H25Cl2FN6O3. The third-order valence-corrected chi connectivity index (χ3v) is 7.03. The van der Waals surface area contributed by atoms with Gasteiger partial charge in [-0.05, 0) is 49.4 Å². The number of benzene rings is 2. The molecule has 0 radical (unpaired) electrons. The average Bonchev–Trinajstić information content (AvgIpc) is 3.37. The fourth-order valence-electron chi connectivity index (χ4n) is 4.44. The molecule has 3 heterocycles. The summed E-state index contributed by atoms with van der Waals surface area (Å²) in [6, 6.07) is 16.0. The molecule has 0 aliphatic carbocycles. The number of carbonyl (C=O) groups is 2. The number of ether oxygens (including phenoxy) is 1. The lowest BCUT2D eigenvalue weighted by molar-refractivity contribution is -0.0238. The number of halogens is 3. The van der Waals surface area contributed by atoms with E-state index in [0.29, 0.717) is 38.3 Å². The van der Waals surface area contributed by atoms with E-state index in [0.717, 1.165) is 0 Å². The van der Waals surface area contributed by atoms with Crippen molar-refractivity contribution in [1.29, 1.82) is 0 Å². The topological polar surface area (TPSA) is 115 Å². The number of anilines is 1. The van der Waals surface area contributed by atoms with Crippen LogP contribution in [0.4, 0.5) is 10.2 Å². The Morgan fingerprint density at radius 1 is 1.10 bits per heavy atom. The summed E-state index contributed by atoms with van der Waals surface area (Å²) in [4.78, 5) is 32.6. The van der Waals surface area contributed by atoms with E-state index in [2.05, 4.69) is 15.4 Å². The number of pyridine rings is 1. The zero-order valence-electron chi connectivity index (χ0n) is 21.2. The molecule has 1 atom stereocenters. The van der Waals surface area contributed by atoms with E-state index >= 15 is 0 Å². The monoisotopic (exact) mass is 582 g/mol. The molecule has 2 aromatic heterocycles. The Morgan fingerprint density at radius 2 is 1.90 bits per heavy atom. The minimum absolute atomic E-state index is 0.0149. The third kappa shape index (κ3) is 5.85. The average molecular weight is 583 g/mol. The van der Waals surface area contributed by atoms with Gasteiger partial charge in [-0.1, -0.05) is 41.4 Å². The molecule has 2 amide bonds. The van der Waals surface area contributed by atoms with E-state index in [9.17, 15) is 14.0 Å². The second-order valence-electron chi connectivity index (χ2n) is 9.08. The van der Waals surface area contributed by atoms with Crippen LogP contribution in [0.3, 0.4) is 0 Å². The lowest BCUT2D eigenvalue weighted by atomic mass is 10.1. The molecular weight excluding hydrogens is 558 g/mol. The molecule has 0 spiro atoms. The summed E-state index contributed by atoms with van der Waals surface area (Å²) < 4.78 is 21.6. The van der Waals surface area contributed by atoms with E-state index in [-0.39, 0.29) is 50.4 Å². The Balaban J connectivity index is 1.48. The van der Waals surface area contributed by atoms with E-state index in [1.165, 1.54) is 41.2 Å². The second-order valence-corrected chi connectivity index (χ2v) is 9.90. The summed E-state index contributed by atoms with van der Waals surface area (Å²) in [5, 5.41) is 7.51. The first-order valence-corrected chi connectivity index (χ1v) is 13.3. The highest BCUT2D eigenvalue weighted by molar-refractivity contribution is 6.38. The van der Waals surface area contributed by atoms with Crippen LogP contribution in [0.2, 0.25) is 10.0 Å². The van der Waals surface area contributed by atoms with E-state index in [1.807, 2.05) is 18.2 Å². The number of morpholine rings is 1. The van der Waals surface area contributed by atoms with Gasteiger partial charge in [0.1, 0.15) is 17.3 Å². The van der Waals surface area contributed by atoms with Crippen LogP contribution in [-0.4, -0.2) is 63.8 Å². The first-order valence-electron chi connectivity index (χ1n) is 12.5. The zero-order valence-corrected chi connectivity index (χ0v) is 22.7. The van der Waals surface area contributed by atoms with Gasteiger partial charge in [0.25, 0.3) is 11.8 Å². The molecule has 0 bridgehead atoms. The largest absolute Gasteiger partial charge is 0.374 e. The first kappa shape index (κ1) is 27.7. The highest BCUT2D eigenvalue weighted by Gasteiger charge is 2.28. The SMILES string of the molecule is NCCC1CN(C(=O)c2cc(NC(=O)c3cc(-c4ncccc4F)c(Cl)cc3Cl)n(-c3ccccc3)n2)CCO1. The molecule has 9 nitrogen and oxygen atoms in total. The van der Waals surface area contributed by atoms with E-state index in [1.54, 1.807) is 17.0 Å². The molecule has 1 unspecified atom stereocenters. The standard InChI is InChI=1S/C28H25Cl2FN6O3/c29-21-14-22(30)20(13-19(21)26-23(31)7-4-10-33-26)27(38)34-25-15-24(35-37(25)17-5-2-1-3-6-17)28(39)36-11-12-40-18(16-36)8-9-32/h1-7,10,13-15,18H,8-9,11-12,16,32H2,(H,34,38). The van der Waals surface area contributed by atoms with Gasteiger partial charge in [-0.2, -0.15) is 5.10 Å². The third-order valence-electron chi connectivity index (χ3n) is 6.40. The van der Waals surface area contributed by atoms with Crippen LogP contribution in [0.1, 0.15) is 27.3 Å². The lowest BCUT2D eigenvalue weighted by Crippen LogP contribution is -2.46. The van der Waals surface area contributed by atoms with E-state index < -0.39 is 11.7 Å². The van der Waals surface area contributed by atoms with Gasteiger partial charge in [-0.15, -0.1) is 0 Å². The van der Waals surface area contributed by atoms with Gasteiger partial charge in [-0.25, -0.2) is 9.07 Å². The predicted molar refractivity (Wildman–Crippen MR) is 150 cm³/mol. The first-order chi connectivity index (χ1) is 19.4. The molecule has 1 aliphatic heterocycles. The molecule has 4 aromatic rings. The van der Waals surface area contributed by atoms with Crippen LogP contribution in [0.25, 0.3) is 16.9 Å². The summed E-state index contributed by atoms with van der Waals surface area (Å²) >= 11 is 12.7. The Hall–Kier alpha value is -3.83. The lowest BCUT2D eigenvalue weighted by Gasteiger charge is -2.32. The van der Waals surface area contributed by atoms with Crippen LogP contribution in [0.5, 0.6) is 0 Å². The molecule has 12 heteroatoms. The van der Waals surface area contributed by atoms with Crippen LogP contribution < -0.4 is 11.1 Å². The van der Waals surface area contributed by atoms with E-state index in [4.69, 9.17) is 33.7 Å². The van der Waals surface area contributed by atoms with Crippen molar-refractivity contribution in [1.82, 2.24) is 19.7 Å². The number of hydrogen-bond donors (Lipinski definition) is 2. The number of para-hydroxylation sites is 1. The maximum absolute atomic E-state index is 14.5. The van der Waals surface area contributed by atoms with Gasteiger partial charge in [-0.3, -0.25) is 14.6 Å². The van der Waals surface area contributed by atoms with Crippen molar-refractivity contribution >= 4 is 40.8 Å². The fraction of sp³-hybridized carbons (Fsp3) is 0.214. The minimum Gasteiger partial charge on any atom is -0.374 e. The van der Waals surface area contributed by atoms with Crippen LogP contribution in [-0.2, 0) is 4.74 Å². The number of hydrogen-bond acceptors (Lipinski definition) is 6. The summed E-state index contributed by atoms with van der Waals surface area (Å²) in [5.41, 5.74) is 6.67. The molecule has 40 heavy (non-hydrogen) atoms. The molecule has 206 valence electrons. The van der Waals surface area contributed by atoms with Crippen molar-refractivity contribution in [3.05, 3.63) is 94.0 Å². The Morgan fingerprint density at radius 3 is 2.65 bits per heavy atom. The number of rotatable bonds is 7. The maximum atomic E-state index is 14.5. The summed E-state index contributed by atoms with van der Waals surface area (Å²) in [6.45, 7) is 1.65. The number of aromatic nitrogens is 3. The second kappa shape index (κ2) is 12.1. The van der Waals surface area contributed by atoms with Crippen molar-refractivity contribution < 1.29 is 18.7 Å². The summed E-state index contributed by atoms with van der Waals surface area (Å²) in [7, 11) is 0. The Labute approximate surface area is 239 Å². The molecule has 1 aliphatic rings. The molecule has 2 aromatic carbocycles. The number of carbonyl (C=O) groups excluding carboxylic acids is 2. The van der Waals surface area contributed by atoms with Crippen molar-refractivity contribution in [2.75, 3.05) is 31.6 Å². The van der Waals surface area contributed by atoms with Crippen LogP contribution in [0.15, 0.2) is 66.9 Å². The highest BCUT2D eigenvalue weighted by Crippen LogP contribution is 2.34. The van der Waals surface area contributed by atoms with Gasteiger partial charge < -0.3 is 20.7 Å². The number of nitrogens with one attached hydrogen (secondary N) is 1. The van der Waals surface area contributed by atoms with Gasteiger partial charge in [0.2, 0.25) is 0 Å². The number of amides is 2. The molecule has 5 rings (SSSR count). The van der Waals surface area contributed by atoms with Crippen molar-refractivity contribution in [2.24, 2.45) is 5.73 Å². The fourth-order valence-corrected chi connectivity index (χ4v) is 5.00. The smallest absolute Gasteiger partial charge is 0.274 e. The molecule has 0 saturated carbocycles. The van der Waals surface area contributed by atoms with Crippen LogP contribution in [0, 0.1) is 5.82 Å². The summed E-state index contributed by atoms with van der Waals surface area (Å²) in [6.07, 6.45) is 1.91. The Bertz CT molecular complexity index is 1550. The predicted octanol–water partition coefficient (Wildman–Crippen LogP) is 4.82. The van der Waals surface area contributed by atoms with Gasteiger partial charge in [0, 0.05) is 30.9 Å². The molecule has 3 N–H and O–H groups in total. The van der Waals surface area contributed by atoms with Crippen molar-refractivity contribution in [2.45, 2.75) is 12.5 Å². The number of nitrogens with two attached hydrogens (primary N) is 1. The van der Waals surface area contributed by atoms with Gasteiger partial charge in [0.05, 0.1) is 34.0 Å².